The van der Waals surface area contributed by atoms with E-state index in [1.807, 2.05) is 4.72 Å². The van der Waals surface area contributed by atoms with Gasteiger partial charge in [0.2, 0.25) is 10.0 Å². The highest BCUT2D eigenvalue weighted by Crippen LogP contribution is 2.23. The molecule has 0 aliphatic rings. The predicted molar refractivity (Wildman–Crippen MR) is 70.5 cm³/mol. The second-order valence-electron chi connectivity index (χ2n) is 4.12. The second-order valence-corrected chi connectivity index (χ2v) is 6.18. The van der Waals surface area contributed by atoms with Crippen molar-refractivity contribution in [2.45, 2.75) is 10.4 Å². The van der Waals surface area contributed by atoms with Crippen LogP contribution < -0.4 is 4.72 Å². The van der Waals surface area contributed by atoms with Gasteiger partial charge in [0.25, 0.3) is 0 Å². The number of aliphatic hydroxyl groups excluding tert-OH is 3. The van der Waals surface area contributed by atoms with E-state index >= 15 is 0 Å². The number of halogens is 1. The molecule has 9 heteroatoms. The molecule has 0 saturated heterocycles. The average molecular weight is 321 g/mol. The maximum atomic E-state index is 12.2. The van der Waals surface area contributed by atoms with Crippen LogP contribution in [0.3, 0.4) is 0 Å². The molecule has 0 atom stereocenters. The van der Waals surface area contributed by atoms with Gasteiger partial charge in [-0.3, -0.25) is 0 Å². The molecule has 0 saturated carbocycles. The lowest BCUT2D eigenvalue weighted by Gasteiger charge is -2.28. The fourth-order valence-electron chi connectivity index (χ4n) is 1.37. The molecule has 0 spiro atoms. The summed E-state index contributed by atoms with van der Waals surface area (Å²) < 4.78 is 26.3. The summed E-state index contributed by atoms with van der Waals surface area (Å²) in [7, 11) is -4.23. The highest BCUT2D eigenvalue weighted by Gasteiger charge is 2.34. The minimum absolute atomic E-state index is 0.0809. The van der Waals surface area contributed by atoms with Crippen molar-refractivity contribution in [2.24, 2.45) is 0 Å². The number of benzene rings is 1. The van der Waals surface area contributed by atoms with E-state index in [-0.39, 0.29) is 15.5 Å². The minimum Gasteiger partial charge on any atom is -0.394 e. The first-order chi connectivity index (χ1) is 9.34. The van der Waals surface area contributed by atoms with Crippen molar-refractivity contribution in [3.63, 3.8) is 0 Å². The van der Waals surface area contributed by atoms with Gasteiger partial charge >= 0.3 is 0 Å². The fraction of sp³-hybridized carbons (Fsp3) is 0.364. The normalized spacial score (nSPS) is 12.2. The zero-order valence-electron chi connectivity index (χ0n) is 10.2. The van der Waals surface area contributed by atoms with E-state index in [9.17, 15) is 8.42 Å². The Bertz CT molecular complexity index is 614. The van der Waals surface area contributed by atoms with E-state index < -0.39 is 35.4 Å². The summed E-state index contributed by atoms with van der Waals surface area (Å²) in [5, 5.41) is 36.0. The van der Waals surface area contributed by atoms with Crippen molar-refractivity contribution in [1.29, 1.82) is 5.26 Å². The molecule has 0 fully saturated rings. The number of hydrogen-bond acceptors (Lipinski definition) is 6. The number of nitriles is 1. The third-order valence-electron chi connectivity index (χ3n) is 2.61. The molecule has 0 aromatic heterocycles. The molecule has 20 heavy (non-hydrogen) atoms. The van der Waals surface area contributed by atoms with Crippen molar-refractivity contribution in [2.75, 3.05) is 19.8 Å². The van der Waals surface area contributed by atoms with Gasteiger partial charge in [-0.25, -0.2) is 8.42 Å². The van der Waals surface area contributed by atoms with Crippen molar-refractivity contribution in [1.82, 2.24) is 4.72 Å². The summed E-state index contributed by atoms with van der Waals surface area (Å²) in [4.78, 5) is -0.377. The molecule has 0 aliphatic heterocycles. The topological polar surface area (TPSA) is 131 Å². The monoisotopic (exact) mass is 320 g/mol. The van der Waals surface area contributed by atoms with Crippen LogP contribution >= 0.6 is 11.6 Å². The number of nitrogens with zero attached hydrogens (tertiary/aromatic N) is 1. The number of hydrogen-bond donors (Lipinski definition) is 4. The summed E-state index contributed by atoms with van der Waals surface area (Å²) in [6, 6.07) is 5.42. The molecule has 4 N–H and O–H groups in total. The number of rotatable bonds is 6. The van der Waals surface area contributed by atoms with Gasteiger partial charge < -0.3 is 15.3 Å². The molecule has 1 rings (SSSR count). The van der Waals surface area contributed by atoms with E-state index in [1.165, 1.54) is 12.1 Å². The van der Waals surface area contributed by atoms with Gasteiger partial charge in [-0.15, -0.1) is 0 Å². The maximum Gasteiger partial charge on any atom is 0.242 e. The van der Waals surface area contributed by atoms with Gasteiger partial charge in [0.15, 0.2) is 0 Å². The first kappa shape index (κ1) is 16.8. The van der Waals surface area contributed by atoms with Crippen LogP contribution in [-0.4, -0.2) is 49.1 Å². The van der Waals surface area contributed by atoms with Crippen LogP contribution in [0.2, 0.25) is 5.02 Å². The Morgan fingerprint density at radius 3 is 2.25 bits per heavy atom. The lowest BCUT2D eigenvalue weighted by molar-refractivity contribution is 0.0582. The quantitative estimate of drug-likeness (QED) is 0.543. The van der Waals surface area contributed by atoms with Gasteiger partial charge in [0.05, 0.1) is 36.5 Å². The minimum atomic E-state index is -4.23. The maximum absolute atomic E-state index is 12.2. The Balaban J connectivity index is 3.28. The molecule has 0 heterocycles. The zero-order valence-corrected chi connectivity index (χ0v) is 11.8. The first-order valence-corrected chi connectivity index (χ1v) is 7.26. The van der Waals surface area contributed by atoms with Crippen molar-refractivity contribution < 1.29 is 23.7 Å². The highest BCUT2D eigenvalue weighted by atomic mass is 35.5. The third kappa shape index (κ3) is 3.46. The Hall–Kier alpha value is -1.21. The molecule has 1 aromatic carbocycles. The lowest BCUT2D eigenvalue weighted by Crippen LogP contribution is -2.56. The lowest BCUT2D eigenvalue weighted by atomic mass is 10.1. The summed E-state index contributed by atoms with van der Waals surface area (Å²) >= 11 is 5.78. The van der Waals surface area contributed by atoms with Gasteiger partial charge in [0, 0.05) is 0 Å². The van der Waals surface area contributed by atoms with Crippen LogP contribution in [-0.2, 0) is 10.0 Å². The van der Waals surface area contributed by atoms with Crippen LogP contribution in [0.15, 0.2) is 23.1 Å². The molecule has 0 aliphatic carbocycles. The molecular formula is C11H13ClN2O5S. The smallest absolute Gasteiger partial charge is 0.242 e. The van der Waals surface area contributed by atoms with E-state index in [0.29, 0.717) is 0 Å². The third-order valence-corrected chi connectivity index (χ3v) is 4.67. The zero-order chi connectivity index (χ0) is 15.4. The van der Waals surface area contributed by atoms with E-state index in [4.69, 9.17) is 32.2 Å². The summed E-state index contributed by atoms with van der Waals surface area (Å²) in [5.41, 5.74) is -1.73. The Kier molecular flexibility index (Phi) is 5.47. The van der Waals surface area contributed by atoms with Gasteiger partial charge in [0.1, 0.15) is 10.4 Å². The molecular weight excluding hydrogens is 308 g/mol. The van der Waals surface area contributed by atoms with Gasteiger partial charge in [-0.1, -0.05) is 11.6 Å². The first-order valence-electron chi connectivity index (χ1n) is 5.40. The Labute approximate surface area is 121 Å². The molecule has 0 radical (unpaired) electrons. The van der Waals surface area contributed by atoms with Crippen LogP contribution in [0.25, 0.3) is 0 Å². The standard InChI is InChI=1S/C11H13ClN2O5S/c12-9-2-1-8(4-13)3-10(9)20(18,19)14-11(5-15,6-16)7-17/h1-3,14-17H,5-7H2. The summed E-state index contributed by atoms with van der Waals surface area (Å²) in [6.07, 6.45) is 0. The van der Waals surface area contributed by atoms with E-state index in [2.05, 4.69) is 0 Å². The number of nitrogens with one attached hydrogen (secondary N) is 1. The second kappa shape index (κ2) is 6.49. The predicted octanol–water partition coefficient (Wildman–Crippen LogP) is -0.794. The summed E-state index contributed by atoms with van der Waals surface area (Å²) in [6.45, 7) is -2.43. The van der Waals surface area contributed by atoms with E-state index in [0.717, 1.165) is 6.07 Å². The van der Waals surface area contributed by atoms with Crippen molar-refractivity contribution in [3.05, 3.63) is 28.8 Å². The van der Waals surface area contributed by atoms with Gasteiger partial charge in [-0.2, -0.15) is 9.98 Å². The molecule has 0 bridgehead atoms. The number of sulfonamides is 1. The molecule has 0 amide bonds. The largest absolute Gasteiger partial charge is 0.394 e. The van der Waals surface area contributed by atoms with Crippen LogP contribution in [0, 0.1) is 11.3 Å². The average Bonchev–Trinajstić information content (AvgIpc) is 2.45. The molecule has 0 unspecified atom stereocenters. The van der Waals surface area contributed by atoms with E-state index in [1.54, 1.807) is 6.07 Å². The molecule has 110 valence electrons. The fourth-order valence-corrected chi connectivity index (χ4v) is 3.27. The summed E-state index contributed by atoms with van der Waals surface area (Å²) in [5.74, 6) is 0. The highest BCUT2D eigenvalue weighted by molar-refractivity contribution is 7.89. The Morgan fingerprint density at radius 2 is 1.80 bits per heavy atom. The Morgan fingerprint density at radius 1 is 1.25 bits per heavy atom. The van der Waals surface area contributed by atoms with Crippen molar-refractivity contribution in [3.8, 4) is 6.07 Å². The van der Waals surface area contributed by atoms with Crippen LogP contribution in [0.4, 0.5) is 0 Å². The molecule has 7 nitrogen and oxygen atoms in total. The van der Waals surface area contributed by atoms with Gasteiger partial charge in [-0.05, 0) is 18.2 Å². The SMILES string of the molecule is N#Cc1ccc(Cl)c(S(=O)(=O)NC(CO)(CO)CO)c1. The molecule has 1 aromatic rings. The van der Waals surface area contributed by atoms with Crippen molar-refractivity contribution >= 4 is 21.6 Å². The van der Waals surface area contributed by atoms with Crippen LogP contribution in [0.5, 0.6) is 0 Å². The number of aliphatic hydroxyl groups is 3. The van der Waals surface area contributed by atoms with Crippen LogP contribution in [0.1, 0.15) is 5.56 Å².